The van der Waals surface area contributed by atoms with E-state index >= 15 is 0 Å². The van der Waals surface area contributed by atoms with Gasteiger partial charge in [-0.1, -0.05) is 12.1 Å². The molecule has 0 saturated heterocycles. The number of halogens is 3. The van der Waals surface area contributed by atoms with Crippen molar-refractivity contribution in [2.24, 2.45) is 0 Å². The zero-order valence-corrected chi connectivity index (χ0v) is 13.6. The molecular formula is C17H12F3N5O2. The van der Waals surface area contributed by atoms with Crippen molar-refractivity contribution in [3.63, 3.8) is 0 Å². The molecule has 0 spiro atoms. The average molecular weight is 375 g/mol. The van der Waals surface area contributed by atoms with Crippen LogP contribution in [0.5, 0.6) is 0 Å². The van der Waals surface area contributed by atoms with Crippen LogP contribution in [0.4, 0.5) is 18.9 Å². The van der Waals surface area contributed by atoms with Crippen LogP contribution in [0.3, 0.4) is 0 Å². The molecule has 0 aliphatic heterocycles. The molecule has 0 fully saturated rings. The van der Waals surface area contributed by atoms with Gasteiger partial charge >= 0.3 is 11.9 Å². The molecule has 0 radical (unpaired) electrons. The quantitative estimate of drug-likeness (QED) is 0.756. The molecule has 3 rings (SSSR count). The monoisotopic (exact) mass is 375 g/mol. The lowest BCUT2D eigenvalue weighted by Crippen LogP contribution is -2.22. The number of hydrogen-bond donors (Lipinski definition) is 1. The van der Waals surface area contributed by atoms with Crippen LogP contribution in [-0.4, -0.2) is 25.4 Å². The number of carbonyl (C=O) groups is 1. The van der Waals surface area contributed by atoms with Crippen molar-refractivity contribution in [3.05, 3.63) is 82.6 Å². The fraction of sp³-hybridized carbons (Fsp3) is 0.118. The fourth-order valence-corrected chi connectivity index (χ4v) is 2.26. The molecule has 2 aromatic heterocycles. The summed E-state index contributed by atoms with van der Waals surface area (Å²) in [5, 5.41) is 2.47. The maximum absolute atomic E-state index is 12.7. The zero-order valence-electron chi connectivity index (χ0n) is 13.6. The van der Waals surface area contributed by atoms with E-state index in [1.165, 1.54) is 10.8 Å². The van der Waals surface area contributed by atoms with Gasteiger partial charge in [0.05, 0.1) is 18.9 Å². The van der Waals surface area contributed by atoms with Gasteiger partial charge in [0.15, 0.2) is 5.69 Å². The Balaban J connectivity index is 1.77. The predicted octanol–water partition coefficient (Wildman–Crippen LogP) is 2.35. The van der Waals surface area contributed by atoms with Crippen LogP contribution in [0.25, 0.3) is 0 Å². The third-order valence-corrected chi connectivity index (χ3v) is 3.48. The highest BCUT2D eigenvalue weighted by Gasteiger charge is 2.33. The Labute approximate surface area is 150 Å². The van der Waals surface area contributed by atoms with E-state index in [-0.39, 0.29) is 6.54 Å². The number of carbonyl (C=O) groups excluding carboxylic acids is 1. The van der Waals surface area contributed by atoms with Gasteiger partial charge in [-0.15, -0.1) is 0 Å². The molecule has 1 aromatic carbocycles. The molecule has 3 aromatic rings. The van der Waals surface area contributed by atoms with Gasteiger partial charge in [-0.05, 0) is 23.8 Å². The number of nitrogens with one attached hydrogen (secondary N) is 1. The minimum atomic E-state index is -4.69. The van der Waals surface area contributed by atoms with Gasteiger partial charge in [0.25, 0.3) is 5.91 Å². The smallest absolute Gasteiger partial charge is 0.321 e. The Bertz CT molecular complexity index is 1030. The van der Waals surface area contributed by atoms with E-state index in [1.807, 2.05) is 0 Å². The molecule has 0 bridgehead atoms. The van der Waals surface area contributed by atoms with Crippen molar-refractivity contribution in [1.29, 1.82) is 0 Å². The second-order valence-electron chi connectivity index (χ2n) is 5.47. The van der Waals surface area contributed by atoms with Crippen LogP contribution in [0, 0.1) is 0 Å². The third-order valence-electron chi connectivity index (χ3n) is 3.48. The summed E-state index contributed by atoms with van der Waals surface area (Å²) in [6.07, 6.45) is -0.253. The van der Waals surface area contributed by atoms with E-state index in [0.29, 0.717) is 17.4 Å². The highest BCUT2D eigenvalue weighted by molar-refractivity contribution is 6.02. The second kappa shape index (κ2) is 7.36. The normalized spacial score (nSPS) is 11.2. The number of hydrogen-bond acceptors (Lipinski definition) is 5. The Morgan fingerprint density at radius 2 is 2.00 bits per heavy atom. The highest BCUT2D eigenvalue weighted by atomic mass is 19.4. The number of anilines is 1. The summed E-state index contributed by atoms with van der Waals surface area (Å²) in [5.74, 6) is -0.829. The predicted molar refractivity (Wildman–Crippen MR) is 89.0 cm³/mol. The van der Waals surface area contributed by atoms with Gasteiger partial charge in [0, 0.05) is 18.1 Å². The second-order valence-corrected chi connectivity index (χ2v) is 5.47. The first-order valence-corrected chi connectivity index (χ1v) is 7.64. The summed E-state index contributed by atoms with van der Waals surface area (Å²) in [6, 6.07) is 8.15. The summed E-state index contributed by atoms with van der Waals surface area (Å²) < 4.78 is 39.4. The van der Waals surface area contributed by atoms with E-state index in [2.05, 4.69) is 20.3 Å². The topological polar surface area (TPSA) is 89.8 Å². The number of nitrogens with zero attached hydrogens (tertiary/aromatic N) is 4. The minimum absolute atomic E-state index is 0.222. The molecule has 0 atom stereocenters. The van der Waals surface area contributed by atoms with Gasteiger partial charge in [0.1, 0.15) is 5.69 Å². The van der Waals surface area contributed by atoms with Crippen LogP contribution in [0.15, 0.2) is 59.9 Å². The lowest BCUT2D eigenvalue weighted by atomic mass is 10.2. The molecule has 0 unspecified atom stereocenters. The van der Waals surface area contributed by atoms with Gasteiger partial charge in [0.2, 0.25) is 0 Å². The van der Waals surface area contributed by atoms with Crippen LogP contribution >= 0.6 is 0 Å². The van der Waals surface area contributed by atoms with Gasteiger partial charge in [-0.25, -0.2) is 14.8 Å². The third kappa shape index (κ3) is 4.54. The number of amides is 1. The molecule has 7 nitrogen and oxygen atoms in total. The van der Waals surface area contributed by atoms with Crippen molar-refractivity contribution < 1.29 is 18.0 Å². The largest absolute Gasteiger partial charge is 0.434 e. The molecule has 0 aliphatic rings. The summed E-state index contributed by atoms with van der Waals surface area (Å²) in [5.41, 5.74) is -1.10. The van der Waals surface area contributed by atoms with Crippen molar-refractivity contribution >= 4 is 11.6 Å². The Morgan fingerprint density at radius 1 is 1.19 bits per heavy atom. The van der Waals surface area contributed by atoms with E-state index in [1.54, 1.807) is 36.5 Å². The maximum atomic E-state index is 12.7. The minimum Gasteiger partial charge on any atom is -0.321 e. The summed E-state index contributed by atoms with van der Waals surface area (Å²) in [4.78, 5) is 34.2. The standard InChI is InChI=1S/C17H12F3N5O2/c18-17(19,20)14-9-21-8-13(24-14)15(26)23-12-4-1-3-11(7-12)10-25-6-2-5-22-16(25)27/h1-9H,10H2,(H,23,26). The van der Waals surface area contributed by atoms with Crippen molar-refractivity contribution in [1.82, 2.24) is 19.5 Å². The summed E-state index contributed by atoms with van der Waals surface area (Å²) in [6.45, 7) is 0.222. The summed E-state index contributed by atoms with van der Waals surface area (Å²) in [7, 11) is 0. The molecule has 10 heteroatoms. The van der Waals surface area contributed by atoms with Gasteiger partial charge in [-0.3, -0.25) is 14.3 Å². The molecule has 138 valence electrons. The van der Waals surface area contributed by atoms with Crippen LogP contribution in [-0.2, 0) is 12.7 Å². The first-order valence-electron chi connectivity index (χ1n) is 7.64. The molecule has 2 heterocycles. The van der Waals surface area contributed by atoms with Crippen LogP contribution in [0.2, 0.25) is 0 Å². The first kappa shape index (κ1) is 18.2. The SMILES string of the molecule is O=C(Nc1cccc(Cn2cccnc2=O)c1)c1cncc(C(F)(F)F)n1. The number of rotatable bonds is 4. The highest BCUT2D eigenvalue weighted by Crippen LogP contribution is 2.26. The van der Waals surface area contributed by atoms with E-state index < -0.39 is 29.2 Å². The number of alkyl halides is 3. The molecule has 27 heavy (non-hydrogen) atoms. The van der Waals surface area contributed by atoms with E-state index in [9.17, 15) is 22.8 Å². The van der Waals surface area contributed by atoms with E-state index in [0.717, 1.165) is 6.20 Å². The zero-order chi connectivity index (χ0) is 19.4. The molecular weight excluding hydrogens is 363 g/mol. The van der Waals surface area contributed by atoms with Crippen molar-refractivity contribution in [3.8, 4) is 0 Å². The molecule has 0 saturated carbocycles. The van der Waals surface area contributed by atoms with Gasteiger partial charge < -0.3 is 5.32 Å². The van der Waals surface area contributed by atoms with E-state index in [4.69, 9.17) is 0 Å². The Morgan fingerprint density at radius 3 is 2.74 bits per heavy atom. The molecule has 0 aliphatic carbocycles. The first-order chi connectivity index (χ1) is 12.8. The van der Waals surface area contributed by atoms with Crippen LogP contribution in [0.1, 0.15) is 21.7 Å². The lowest BCUT2D eigenvalue weighted by molar-refractivity contribution is -0.141. The maximum Gasteiger partial charge on any atom is 0.434 e. The summed E-state index contributed by atoms with van der Waals surface area (Å²) >= 11 is 0. The molecule has 1 N–H and O–H groups in total. The number of benzene rings is 1. The van der Waals surface area contributed by atoms with Gasteiger partial charge in [-0.2, -0.15) is 13.2 Å². The van der Waals surface area contributed by atoms with Crippen LogP contribution < -0.4 is 11.0 Å². The number of aromatic nitrogens is 4. The molecule has 1 amide bonds. The fourth-order valence-electron chi connectivity index (χ4n) is 2.26. The lowest BCUT2D eigenvalue weighted by Gasteiger charge is -2.09. The van der Waals surface area contributed by atoms with Crippen molar-refractivity contribution in [2.75, 3.05) is 5.32 Å². The Kier molecular flexibility index (Phi) is 4.97. The average Bonchev–Trinajstić information content (AvgIpc) is 2.63. The van der Waals surface area contributed by atoms with Crippen molar-refractivity contribution in [2.45, 2.75) is 12.7 Å². The Hall–Kier alpha value is -3.56.